The molecule has 0 aliphatic carbocycles. The molecule has 0 fully saturated rings. The van der Waals surface area contributed by atoms with Gasteiger partial charge in [0.05, 0.1) is 12.8 Å². The second-order valence-electron chi connectivity index (χ2n) is 5.25. The Labute approximate surface area is 127 Å². The van der Waals surface area contributed by atoms with Gasteiger partial charge in [-0.3, -0.25) is 4.68 Å². The fraction of sp³-hybridized carbons (Fsp3) is 0.471. The largest absolute Gasteiger partial charge is 0.497 e. The molecule has 1 aromatic carbocycles. The van der Waals surface area contributed by atoms with Gasteiger partial charge in [-0.25, -0.2) is 0 Å². The van der Waals surface area contributed by atoms with Crippen LogP contribution in [-0.2, 0) is 19.5 Å². The van der Waals surface area contributed by atoms with Crippen molar-refractivity contribution in [3.8, 4) is 5.75 Å². The summed E-state index contributed by atoms with van der Waals surface area (Å²) in [6.45, 7) is 9.15. The highest BCUT2D eigenvalue weighted by Gasteiger charge is 2.10. The van der Waals surface area contributed by atoms with E-state index in [0.29, 0.717) is 0 Å². The summed E-state index contributed by atoms with van der Waals surface area (Å²) >= 11 is 0. The number of aryl methyl sites for hydroxylation is 3. The Hall–Kier alpha value is -1.81. The van der Waals surface area contributed by atoms with Crippen LogP contribution in [0.25, 0.3) is 0 Å². The summed E-state index contributed by atoms with van der Waals surface area (Å²) in [4.78, 5) is 0. The van der Waals surface area contributed by atoms with Gasteiger partial charge in [0, 0.05) is 24.3 Å². The molecule has 0 aliphatic heterocycles. The molecule has 0 aliphatic rings. The molecular formula is C17H25N3O. The van der Waals surface area contributed by atoms with Crippen molar-refractivity contribution in [3.63, 3.8) is 0 Å². The van der Waals surface area contributed by atoms with Gasteiger partial charge in [-0.1, -0.05) is 19.1 Å². The van der Waals surface area contributed by atoms with Gasteiger partial charge in [0.25, 0.3) is 0 Å². The van der Waals surface area contributed by atoms with Gasteiger partial charge in [-0.15, -0.1) is 0 Å². The molecule has 0 atom stereocenters. The minimum atomic E-state index is 0.900. The monoisotopic (exact) mass is 287 g/mol. The van der Waals surface area contributed by atoms with Crippen LogP contribution in [0.15, 0.2) is 24.3 Å². The molecule has 4 heteroatoms. The van der Waals surface area contributed by atoms with Crippen LogP contribution in [0.2, 0.25) is 0 Å². The van der Waals surface area contributed by atoms with Crippen LogP contribution in [0.1, 0.15) is 29.4 Å². The molecule has 114 valence electrons. The molecule has 1 heterocycles. The van der Waals surface area contributed by atoms with Gasteiger partial charge in [-0.2, -0.15) is 5.10 Å². The first-order valence-electron chi connectivity index (χ1n) is 7.52. The number of methoxy groups -OCH3 is 1. The van der Waals surface area contributed by atoms with Gasteiger partial charge in [0.2, 0.25) is 0 Å². The van der Waals surface area contributed by atoms with Crippen LogP contribution in [0, 0.1) is 13.8 Å². The summed E-state index contributed by atoms with van der Waals surface area (Å²) in [7, 11) is 1.69. The van der Waals surface area contributed by atoms with Crippen molar-refractivity contribution in [3.05, 3.63) is 46.8 Å². The molecule has 0 saturated carbocycles. The molecule has 2 aromatic rings. The summed E-state index contributed by atoms with van der Waals surface area (Å²) in [6.07, 6.45) is 0.979. The number of nitrogens with one attached hydrogen (secondary N) is 1. The highest BCUT2D eigenvalue weighted by atomic mass is 16.5. The highest BCUT2D eigenvalue weighted by molar-refractivity contribution is 5.28. The fourth-order valence-electron chi connectivity index (χ4n) is 2.48. The van der Waals surface area contributed by atoms with E-state index in [9.17, 15) is 0 Å². The first kappa shape index (κ1) is 15.6. The Bertz CT molecular complexity index is 572. The summed E-state index contributed by atoms with van der Waals surface area (Å²) in [5.41, 5.74) is 5.02. The predicted octanol–water partition coefficient (Wildman–Crippen LogP) is 2.86. The Kier molecular flexibility index (Phi) is 5.39. The number of hydrogen-bond donors (Lipinski definition) is 1. The normalized spacial score (nSPS) is 10.9. The Morgan fingerprint density at radius 2 is 1.90 bits per heavy atom. The lowest BCUT2D eigenvalue weighted by Crippen LogP contribution is -2.13. The Morgan fingerprint density at radius 3 is 2.52 bits per heavy atom. The van der Waals surface area contributed by atoms with E-state index in [0.717, 1.165) is 37.5 Å². The second-order valence-corrected chi connectivity index (χ2v) is 5.25. The lowest BCUT2D eigenvalue weighted by atomic mass is 10.1. The summed E-state index contributed by atoms with van der Waals surface area (Å²) in [6, 6.07) is 8.24. The van der Waals surface area contributed by atoms with E-state index < -0.39 is 0 Å². The van der Waals surface area contributed by atoms with E-state index in [1.165, 1.54) is 16.8 Å². The van der Waals surface area contributed by atoms with Crippen LogP contribution in [0.5, 0.6) is 5.75 Å². The van der Waals surface area contributed by atoms with Crippen molar-refractivity contribution in [2.24, 2.45) is 0 Å². The van der Waals surface area contributed by atoms with Crippen LogP contribution >= 0.6 is 0 Å². The zero-order valence-corrected chi connectivity index (χ0v) is 13.4. The molecule has 0 amide bonds. The molecule has 0 bridgehead atoms. The minimum absolute atomic E-state index is 0.900. The summed E-state index contributed by atoms with van der Waals surface area (Å²) in [5, 5.41) is 8.04. The average molecular weight is 287 g/mol. The molecule has 0 unspecified atom stereocenters. The minimum Gasteiger partial charge on any atom is -0.497 e. The third kappa shape index (κ3) is 3.85. The quantitative estimate of drug-likeness (QED) is 0.851. The molecule has 1 aromatic heterocycles. The van der Waals surface area contributed by atoms with Crippen molar-refractivity contribution in [1.29, 1.82) is 0 Å². The van der Waals surface area contributed by atoms with Crippen LogP contribution in [0.4, 0.5) is 0 Å². The van der Waals surface area contributed by atoms with Crippen LogP contribution in [0.3, 0.4) is 0 Å². The molecule has 2 rings (SSSR count). The number of nitrogens with zero attached hydrogens (tertiary/aromatic N) is 2. The third-order valence-corrected chi connectivity index (χ3v) is 3.85. The maximum atomic E-state index is 5.18. The van der Waals surface area contributed by atoms with Crippen LogP contribution in [-0.4, -0.2) is 23.4 Å². The van der Waals surface area contributed by atoms with Gasteiger partial charge in [-0.05, 0) is 44.5 Å². The molecule has 1 N–H and O–H groups in total. The molecular weight excluding hydrogens is 262 g/mol. The smallest absolute Gasteiger partial charge is 0.118 e. The van der Waals surface area contributed by atoms with Crippen molar-refractivity contribution < 1.29 is 4.74 Å². The maximum Gasteiger partial charge on any atom is 0.118 e. The zero-order chi connectivity index (χ0) is 15.2. The van der Waals surface area contributed by atoms with E-state index in [2.05, 4.69) is 48.0 Å². The van der Waals surface area contributed by atoms with E-state index in [4.69, 9.17) is 4.74 Å². The number of hydrogen-bond acceptors (Lipinski definition) is 3. The number of benzene rings is 1. The summed E-state index contributed by atoms with van der Waals surface area (Å²) in [5.74, 6) is 0.901. The molecule has 4 nitrogen and oxygen atoms in total. The van der Waals surface area contributed by atoms with E-state index in [1.807, 2.05) is 12.1 Å². The third-order valence-electron chi connectivity index (χ3n) is 3.85. The average Bonchev–Trinajstić information content (AvgIpc) is 2.78. The van der Waals surface area contributed by atoms with Crippen molar-refractivity contribution in [2.75, 3.05) is 13.7 Å². The van der Waals surface area contributed by atoms with Crippen molar-refractivity contribution >= 4 is 0 Å². The first-order chi connectivity index (χ1) is 10.2. The second kappa shape index (κ2) is 7.27. The van der Waals surface area contributed by atoms with Gasteiger partial charge < -0.3 is 10.1 Å². The summed E-state index contributed by atoms with van der Waals surface area (Å²) < 4.78 is 7.30. The number of aromatic nitrogens is 2. The lowest BCUT2D eigenvalue weighted by Gasteiger charge is -2.07. The van der Waals surface area contributed by atoms with Gasteiger partial charge in [0.15, 0.2) is 0 Å². The number of ether oxygens (including phenoxy) is 1. The van der Waals surface area contributed by atoms with E-state index >= 15 is 0 Å². The SMILES string of the molecule is CCNCc1c(C)nn(CCc2ccc(OC)cc2)c1C. The molecule has 0 spiro atoms. The number of rotatable bonds is 7. The molecule has 21 heavy (non-hydrogen) atoms. The fourth-order valence-corrected chi connectivity index (χ4v) is 2.48. The molecule has 0 saturated heterocycles. The zero-order valence-electron chi connectivity index (χ0n) is 13.4. The highest BCUT2D eigenvalue weighted by Crippen LogP contribution is 2.15. The van der Waals surface area contributed by atoms with Crippen LogP contribution < -0.4 is 10.1 Å². The van der Waals surface area contributed by atoms with Gasteiger partial charge in [0.1, 0.15) is 5.75 Å². The Morgan fingerprint density at radius 1 is 1.19 bits per heavy atom. The Balaban J connectivity index is 2.02. The first-order valence-corrected chi connectivity index (χ1v) is 7.52. The topological polar surface area (TPSA) is 39.1 Å². The van der Waals surface area contributed by atoms with E-state index in [1.54, 1.807) is 7.11 Å². The standard InChI is InChI=1S/C17H25N3O/c1-5-18-12-17-13(2)19-20(14(17)3)11-10-15-6-8-16(21-4)9-7-15/h6-9,18H,5,10-12H2,1-4H3. The van der Waals surface area contributed by atoms with Crippen molar-refractivity contribution in [1.82, 2.24) is 15.1 Å². The van der Waals surface area contributed by atoms with Gasteiger partial charge >= 0.3 is 0 Å². The van der Waals surface area contributed by atoms with Crippen molar-refractivity contribution in [2.45, 2.75) is 40.3 Å². The maximum absolute atomic E-state index is 5.18. The molecule has 0 radical (unpaired) electrons. The van der Waals surface area contributed by atoms with E-state index in [-0.39, 0.29) is 0 Å². The predicted molar refractivity (Wildman–Crippen MR) is 85.8 cm³/mol. The lowest BCUT2D eigenvalue weighted by molar-refractivity contribution is 0.414.